The molecule has 116 valence electrons. The zero-order chi connectivity index (χ0) is 15.9. The summed E-state index contributed by atoms with van der Waals surface area (Å²) in [7, 11) is 0. The number of allylic oxidation sites excluding steroid dienone is 1. The molecule has 0 spiro atoms. The van der Waals surface area contributed by atoms with Crippen LogP contribution in [-0.4, -0.2) is 12.3 Å². The second kappa shape index (κ2) is 7.84. The van der Waals surface area contributed by atoms with Crippen LogP contribution in [0.1, 0.15) is 18.2 Å². The lowest BCUT2D eigenvalue weighted by molar-refractivity contribution is -0.118. The molecule has 1 aromatic heterocycles. The van der Waals surface area contributed by atoms with E-state index in [-0.39, 0.29) is 11.5 Å². The van der Waals surface area contributed by atoms with Crippen molar-refractivity contribution in [3.8, 4) is 0 Å². The summed E-state index contributed by atoms with van der Waals surface area (Å²) in [6.07, 6.45) is -0.757. The van der Waals surface area contributed by atoms with Gasteiger partial charge in [-0.2, -0.15) is 0 Å². The number of carbonyl (C=O) groups is 1. The fourth-order valence-electron chi connectivity index (χ4n) is 2.06. The minimum Gasteiger partial charge on any atom is -0.326 e. The Balaban J connectivity index is 2.19. The predicted molar refractivity (Wildman–Crippen MR) is 87.2 cm³/mol. The highest BCUT2D eigenvalue weighted by atomic mass is 32.1. The standard InChI is InChI=1S/C17H17F2NOS/c1-2-12(17(21)20-13-7-4-3-5-8-13)11-14(16(18)19)15-9-6-10-22-15/h3-12,16H,2H2,1H3,(H,20,21)/b14-11+. The van der Waals surface area contributed by atoms with E-state index in [2.05, 4.69) is 5.32 Å². The van der Waals surface area contributed by atoms with Crippen LogP contribution in [0.25, 0.3) is 5.57 Å². The molecule has 0 fully saturated rings. The largest absolute Gasteiger partial charge is 0.326 e. The zero-order valence-corrected chi connectivity index (χ0v) is 12.9. The number of halogens is 2. The van der Waals surface area contributed by atoms with Crippen LogP contribution >= 0.6 is 11.3 Å². The highest BCUT2D eigenvalue weighted by Crippen LogP contribution is 2.28. The summed E-state index contributed by atoms with van der Waals surface area (Å²) in [5.74, 6) is -0.866. The zero-order valence-electron chi connectivity index (χ0n) is 12.1. The van der Waals surface area contributed by atoms with Crippen LogP contribution < -0.4 is 5.32 Å². The molecular weight excluding hydrogens is 304 g/mol. The number of rotatable bonds is 6. The number of hydrogen-bond acceptors (Lipinski definition) is 2. The molecule has 0 aliphatic carbocycles. The molecule has 2 rings (SSSR count). The molecular formula is C17H17F2NOS. The summed E-state index contributed by atoms with van der Waals surface area (Å²) in [4.78, 5) is 12.8. The second-order valence-corrected chi connectivity index (χ2v) is 5.72. The van der Waals surface area contributed by atoms with E-state index in [1.54, 1.807) is 29.6 Å². The summed E-state index contributed by atoms with van der Waals surface area (Å²) >= 11 is 1.25. The molecule has 1 unspecified atom stereocenters. The minimum absolute atomic E-state index is 0.0786. The van der Waals surface area contributed by atoms with Crippen LogP contribution in [0.4, 0.5) is 14.5 Å². The molecule has 5 heteroatoms. The van der Waals surface area contributed by atoms with Gasteiger partial charge in [0.2, 0.25) is 5.91 Å². The van der Waals surface area contributed by atoms with Gasteiger partial charge in [0, 0.05) is 16.1 Å². The Morgan fingerprint density at radius 2 is 1.95 bits per heavy atom. The fourth-order valence-corrected chi connectivity index (χ4v) is 2.81. The van der Waals surface area contributed by atoms with Crippen molar-refractivity contribution in [2.45, 2.75) is 19.8 Å². The minimum atomic E-state index is -2.60. The van der Waals surface area contributed by atoms with Gasteiger partial charge in [0.05, 0.1) is 5.92 Å². The normalized spacial score (nSPS) is 13.2. The molecule has 1 amide bonds. The molecule has 2 aromatic rings. The number of thiophene rings is 1. The average molecular weight is 321 g/mol. The van der Waals surface area contributed by atoms with Crippen LogP contribution in [-0.2, 0) is 4.79 Å². The molecule has 0 radical (unpaired) electrons. The summed E-state index contributed by atoms with van der Waals surface area (Å²) in [6, 6.07) is 12.4. The van der Waals surface area contributed by atoms with E-state index in [0.29, 0.717) is 17.0 Å². The van der Waals surface area contributed by atoms with Gasteiger partial charge in [-0.05, 0) is 30.0 Å². The van der Waals surface area contributed by atoms with E-state index in [9.17, 15) is 13.6 Å². The van der Waals surface area contributed by atoms with Crippen LogP contribution in [0.2, 0.25) is 0 Å². The lowest BCUT2D eigenvalue weighted by atomic mass is 10.0. The monoisotopic (exact) mass is 321 g/mol. The van der Waals surface area contributed by atoms with E-state index >= 15 is 0 Å². The summed E-state index contributed by atoms with van der Waals surface area (Å²) < 4.78 is 26.5. The van der Waals surface area contributed by atoms with Crippen molar-refractivity contribution < 1.29 is 13.6 Å². The van der Waals surface area contributed by atoms with Crippen molar-refractivity contribution in [2.75, 3.05) is 5.32 Å². The number of alkyl halides is 2. The quantitative estimate of drug-likeness (QED) is 0.791. The molecule has 0 aliphatic heterocycles. The van der Waals surface area contributed by atoms with Crippen molar-refractivity contribution in [3.63, 3.8) is 0 Å². The first-order valence-electron chi connectivity index (χ1n) is 7.01. The van der Waals surface area contributed by atoms with E-state index < -0.39 is 12.3 Å². The maximum Gasteiger partial charge on any atom is 0.264 e. The van der Waals surface area contributed by atoms with Crippen LogP contribution in [0.3, 0.4) is 0 Å². The summed E-state index contributed by atoms with van der Waals surface area (Å²) in [5, 5.41) is 4.50. The number of nitrogens with one attached hydrogen (secondary N) is 1. The topological polar surface area (TPSA) is 29.1 Å². The number of benzene rings is 1. The van der Waals surface area contributed by atoms with E-state index in [1.807, 2.05) is 25.1 Å². The Bertz CT molecular complexity index is 623. The van der Waals surface area contributed by atoms with Crippen LogP contribution in [0, 0.1) is 5.92 Å². The number of amides is 1. The first kappa shape index (κ1) is 16.4. The molecule has 2 nitrogen and oxygen atoms in total. The molecule has 22 heavy (non-hydrogen) atoms. The predicted octanol–water partition coefficient (Wildman–Crippen LogP) is 5.06. The SMILES string of the molecule is CCC(/C=C(\c1cccs1)C(F)F)C(=O)Nc1ccccc1. The van der Waals surface area contributed by atoms with Crippen LogP contribution in [0.5, 0.6) is 0 Å². The Kier molecular flexibility index (Phi) is 5.83. The molecule has 0 saturated carbocycles. The first-order chi connectivity index (χ1) is 10.6. The molecule has 1 atom stereocenters. The lowest BCUT2D eigenvalue weighted by Crippen LogP contribution is -2.21. The summed E-state index contributed by atoms with van der Waals surface area (Å²) in [6.45, 7) is 1.81. The maximum atomic E-state index is 13.3. The van der Waals surface area contributed by atoms with E-state index in [4.69, 9.17) is 0 Å². The molecule has 0 bridgehead atoms. The Labute approximate surface area is 132 Å². The number of hydrogen-bond donors (Lipinski definition) is 1. The molecule has 0 saturated heterocycles. The van der Waals surface area contributed by atoms with Crippen molar-refractivity contribution in [2.24, 2.45) is 5.92 Å². The first-order valence-corrected chi connectivity index (χ1v) is 7.89. The van der Waals surface area contributed by atoms with Gasteiger partial charge in [-0.3, -0.25) is 4.79 Å². The van der Waals surface area contributed by atoms with Crippen molar-refractivity contribution in [1.29, 1.82) is 0 Å². The molecule has 1 heterocycles. The highest BCUT2D eigenvalue weighted by molar-refractivity contribution is 7.11. The van der Waals surface area contributed by atoms with Crippen molar-refractivity contribution in [1.82, 2.24) is 0 Å². The van der Waals surface area contributed by atoms with Gasteiger partial charge in [-0.1, -0.05) is 37.3 Å². The Hall–Kier alpha value is -2.01. The Morgan fingerprint density at radius 3 is 2.50 bits per heavy atom. The van der Waals surface area contributed by atoms with E-state index in [1.165, 1.54) is 17.4 Å². The van der Waals surface area contributed by atoms with Crippen LogP contribution in [0.15, 0.2) is 53.9 Å². The number of para-hydroxylation sites is 1. The van der Waals surface area contributed by atoms with Gasteiger partial charge >= 0.3 is 0 Å². The highest BCUT2D eigenvalue weighted by Gasteiger charge is 2.20. The fraction of sp³-hybridized carbons (Fsp3) is 0.235. The molecule has 0 aliphatic rings. The average Bonchev–Trinajstić information content (AvgIpc) is 3.02. The van der Waals surface area contributed by atoms with Crippen molar-refractivity contribution in [3.05, 3.63) is 58.8 Å². The van der Waals surface area contributed by atoms with Gasteiger partial charge in [0.15, 0.2) is 0 Å². The third-order valence-corrected chi connectivity index (χ3v) is 4.16. The van der Waals surface area contributed by atoms with Crippen molar-refractivity contribution >= 4 is 28.5 Å². The lowest BCUT2D eigenvalue weighted by Gasteiger charge is -2.13. The van der Waals surface area contributed by atoms with Gasteiger partial charge in [0.25, 0.3) is 6.43 Å². The second-order valence-electron chi connectivity index (χ2n) is 4.77. The van der Waals surface area contributed by atoms with Gasteiger partial charge in [-0.15, -0.1) is 11.3 Å². The van der Waals surface area contributed by atoms with Gasteiger partial charge < -0.3 is 5.32 Å². The van der Waals surface area contributed by atoms with Gasteiger partial charge in [0.1, 0.15) is 0 Å². The Morgan fingerprint density at radius 1 is 1.23 bits per heavy atom. The van der Waals surface area contributed by atoms with E-state index in [0.717, 1.165) is 0 Å². The summed E-state index contributed by atoms with van der Waals surface area (Å²) in [5.41, 5.74) is 0.583. The molecule has 1 aromatic carbocycles. The number of carbonyl (C=O) groups excluding carboxylic acids is 1. The third-order valence-electron chi connectivity index (χ3n) is 3.24. The maximum absolute atomic E-state index is 13.3. The number of anilines is 1. The molecule has 1 N–H and O–H groups in total. The smallest absolute Gasteiger partial charge is 0.264 e. The van der Waals surface area contributed by atoms with Gasteiger partial charge in [-0.25, -0.2) is 8.78 Å². The third kappa shape index (κ3) is 4.24.